The number of H-pyrrole nitrogens is 1. The van der Waals surface area contributed by atoms with Gasteiger partial charge in [-0.15, -0.1) is 0 Å². The lowest BCUT2D eigenvalue weighted by atomic mass is 10.2. The highest BCUT2D eigenvalue weighted by molar-refractivity contribution is 5.82. The van der Waals surface area contributed by atoms with E-state index in [2.05, 4.69) is 30.8 Å². The van der Waals surface area contributed by atoms with Crippen LogP contribution in [0.3, 0.4) is 0 Å². The van der Waals surface area contributed by atoms with Crippen molar-refractivity contribution in [3.05, 3.63) is 36.2 Å². The monoisotopic (exact) mass is 294 g/mol. The Morgan fingerprint density at radius 3 is 3.00 bits per heavy atom. The molecular weight excluding hydrogens is 276 g/mol. The van der Waals surface area contributed by atoms with Gasteiger partial charge in [-0.25, -0.2) is 4.98 Å². The molecule has 1 aromatic carbocycles. The maximum Gasteiger partial charge on any atom is 0.224 e. The van der Waals surface area contributed by atoms with Gasteiger partial charge in [0.25, 0.3) is 0 Å². The maximum atomic E-state index is 4.54. The largest absolute Gasteiger partial charge is 0.354 e. The van der Waals surface area contributed by atoms with Gasteiger partial charge in [0.05, 0.1) is 11.7 Å². The van der Waals surface area contributed by atoms with Crippen LogP contribution in [0.4, 0.5) is 17.5 Å². The van der Waals surface area contributed by atoms with Crippen molar-refractivity contribution in [3.8, 4) is 0 Å². The molecule has 0 spiro atoms. The number of rotatable bonds is 5. The standard InChI is InChI=1S/C16H18N6/c1-10-6-15(21-16(19-10)17-8-11-2-3-11)20-13-4-5-14-12(7-13)9-18-22-14/h4-7,9,11H,2-3,8H2,1H3,(H,18,22)(H2,17,19,20,21). The molecule has 6 nitrogen and oxygen atoms in total. The van der Waals surface area contributed by atoms with E-state index in [0.717, 1.165) is 40.6 Å². The number of aromatic nitrogens is 4. The molecule has 1 saturated carbocycles. The van der Waals surface area contributed by atoms with Gasteiger partial charge in [0, 0.05) is 29.4 Å². The minimum Gasteiger partial charge on any atom is -0.354 e. The molecule has 2 aromatic heterocycles. The molecule has 6 heteroatoms. The van der Waals surface area contributed by atoms with E-state index in [-0.39, 0.29) is 0 Å². The number of benzene rings is 1. The predicted octanol–water partition coefficient (Wildman–Crippen LogP) is 3.23. The van der Waals surface area contributed by atoms with Gasteiger partial charge in [-0.1, -0.05) is 0 Å². The molecule has 22 heavy (non-hydrogen) atoms. The van der Waals surface area contributed by atoms with E-state index in [9.17, 15) is 0 Å². The number of hydrogen-bond donors (Lipinski definition) is 3. The number of aryl methyl sites for hydroxylation is 1. The topological polar surface area (TPSA) is 78.5 Å². The summed E-state index contributed by atoms with van der Waals surface area (Å²) < 4.78 is 0. The Morgan fingerprint density at radius 1 is 1.23 bits per heavy atom. The summed E-state index contributed by atoms with van der Waals surface area (Å²) in [5.74, 6) is 2.29. The van der Waals surface area contributed by atoms with Gasteiger partial charge in [-0.05, 0) is 43.9 Å². The zero-order chi connectivity index (χ0) is 14.9. The SMILES string of the molecule is Cc1cc(Nc2ccc3[nH]ncc3c2)nc(NCC2CC2)n1. The Morgan fingerprint density at radius 2 is 2.14 bits per heavy atom. The molecule has 0 radical (unpaired) electrons. The first kappa shape index (κ1) is 13.1. The van der Waals surface area contributed by atoms with Crippen molar-refractivity contribution in [1.29, 1.82) is 0 Å². The second-order valence-electron chi connectivity index (χ2n) is 5.84. The summed E-state index contributed by atoms with van der Waals surface area (Å²) in [5.41, 5.74) is 2.96. The normalized spacial score (nSPS) is 14.2. The Kier molecular flexibility index (Phi) is 3.14. The van der Waals surface area contributed by atoms with E-state index in [1.54, 1.807) is 0 Å². The van der Waals surface area contributed by atoms with E-state index in [1.807, 2.05) is 37.4 Å². The first-order chi connectivity index (χ1) is 10.8. The van der Waals surface area contributed by atoms with Crippen LogP contribution in [-0.4, -0.2) is 26.7 Å². The third kappa shape index (κ3) is 2.86. The lowest BCUT2D eigenvalue weighted by Gasteiger charge is -2.10. The highest BCUT2D eigenvalue weighted by Gasteiger charge is 2.21. The molecule has 112 valence electrons. The van der Waals surface area contributed by atoms with Crippen molar-refractivity contribution in [1.82, 2.24) is 20.2 Å². The van der Waals surface area contributed by atoms with Crippen LogP contribution in [0.25, 0.3) is 10.9 Å². The second kappa shape index (κ2) is 5.29. The Hall–Kier alpha value is -2.63. The molecule has 0 bridgehead atoms. The van der Waals surface area contributed by atoms with Crippen LogP contribution in [0.5, 0.6) is 0 Å². The van der Waals surface area contributed by atoms with E-state index in [4.69, 9.17) is 0 Å². The number of nitrogens with zero attached hydrogens (tertiary/aromatic N) is 3. The van der Waals surface area contributed by atoms with Gasteiger partial charge >= 0.3 is 0 Å². The molecule has 1 aliphatic rings. The van der Waals surface area contributed by atoms with Crippen molar-refractivity contribution in [3.63, 3.8) is 0 Å². The van der Waals surface area contributed by atoms with Crippen molar-refractivity contribution in [2.75, 3.05) is 17.2 Å². The number of anilines is 3. The molecule has 0 amide bonds. The van der Waals surface area contributed by atoms with Crippen LogP contribution < -0.4 is 10.6 Å². The van der Waals surface area contributed by atoms with Crippen molar-refractivity contribution >= 4 is 28.4 Å². The number of nitrogens with one attached hydrogen (secondary N) is 3. The molecule has 3 aromatic rings. The second-order valence-corrected chi connectivity index (χ2v) is 5.84. The Balaban J connectivity index is 1.55. The average Bonchev–Trinajstić information content (AvgIpc) is 3.21. The van der Waals surface area contributed by atoms with Crippen molar-refractivity contribution in [2.24, 2.45) is 5.92 Å². The van der Waals surface area contributed by atoms with Crippen molar-refractivity contribution < 1.29 is 0 Å². The predicted molar refractivity (Wildman–Crippen MR) is 87.4 cm³/mol. The van der Waals surface area contributed by atoms with Gasteiger partial charge in [0.15, 0.2) is 0 Å². The van der Waals surface area contributed by atoms with E-state index in [0.29, 0.717) is 5.95 Å². The fourth-order valence-corrected chi connectivity index (χ4v) is 2.44. The van der Waals surface area contributed by atoms with E-state index >= 15 is 0 Å². The third-order valence-electron chi connectivity index (χ3n) is 3.81. The van der Waals surface area contributed by atoms with Gasteiger partial charge < -0.3 is 10.6 Å². The minimum absolute atomic E-state index is 0.693. The summed E-state index contributed by atoms with van der Waals surface area (Å²) in [7, 11) is 0. The number of hydrogen-bond acceptors (Lipinski definition) is 5. The van der Waals surface area contributed by atoms with Crippen LogP contribution in [0, 0.1) is 12.8 Å². The molecular formula is C16H18N6. The molecule has 1 fully saturated rings. The first-order valence-electron chi connectivity index (χ1n) is 7.56. The molecule has 1 aliphatic carbocycles. The average molecular weight is 294 g/mol. The number of aromatic amines is 1. The smallest absolute Gasteiger partial charge is 0.224 e. The van der Waals surface area contributed by atoms with E-state index in [1.165, 1.54) is 12.8 Å². The highest BCUT2D eigenvalue weighted by atomic mass is 15.1. The minimum atomic E-state index is 0.693. The zero-order valence-corrected chi connectivity index (χ0v) is 12.4. The summed E-state index contributed by atoms with van der Waals surface area (Å²) in [5, 5.41) is 14.7. The Labute approximate surface area is 128 Å². The highest BCUT2D eigenvalue weighted by Crippen LogP contribution is 2.28. The summed E-state index contributed by atoms with van der Waals surface area (Å²) in [6.07, 6.45) is 4.44. The summed E-state index contributed by atoms with van der Waals surface area (Å²) >= 11 is 0. The zero-order valence-electron chi connectivity index (χ0n) is 12.4. The van der Waals surface area contributed by atoms with Crippen LogP contribution >= 0.6 is 0 Å². The quantitative estimate of drug-likeness (QED) is 0.673. The Bertz CT molecular complexity index is 805. The fraction of sp³-hybridized carbons (Fsp3) is 0.312. The third-order valence-corrected chi connectivity index (χ3v) is 3.81. The van der Waals surface area contributed by atoms with Crippen LogP contribution in [0.1, 0.15) is 18.5 Å². The molecule has 0 atom stereocenters. The van der Waals surface area contributed by atoms with Crippen molar-refractivity contribution in [2.45, 2.75) is 19.8 Å². The molecule has 0 aliphatic heterocycles. The molecule has 3 N–H and O–H groups in total. The van der Waals surface area contributed by atoms with E-state index < -0.39 is 0 Å². The summed E-state index contributed by atoms with van der Waals surface area (Å²) in [6.45, 7) is 2.94. The molecule has 4 rings (SSSR count). The fourth-order valence-electron chi connectivity index (χ4n) is 2.44. The summed E-state index contributed by atoms with van der Waals surface area (Å²) in [4.78, 5) is 8.98. The first-order valence-corrected chi connectivity index (χ1v) is 7.56. The van der Waals surface area contributed by atoms with Gasteiger partial charge in [0.2, 0.25) is 5.95 Å². The van der Waals surface area contributed by atoms with Crippen LogP contribution in [0.15, 0.2) is 30.5 Å². The number of fused-ring (bicyclic) bond motifs is 1. The molecule has 2 heterocycles. The lowest BCUT2D eigenvalue weighted by molar-refractivity contribution is 0.871. The van der Waals surface area contributed by atoms with Crippen LogP contribution in [-0.2, 0) is 0 Å². The summed E-state index contributed by atoms with van der Waals surface area (Å²) in [6, 6.07) is 8.01. The van der Waals surface area contributed by atoms with Gasteiger partial charge in [0.1, 0.15) is 5.82 Å². The molecule has 0 unspecified atom stereocenters. The lowest BCUT2D eigenvalue weighted by Crippen LogP contribution is -2.08. The van der Waals surface area contributed by atoms with Crippen LogP contribution in [0.2, 0.25) is 0 Å². The maximum absolute atomic E-state index is 4.54. The van der Waals surface area contributed by atoms with Gasteiger partial charge in [-0.2, -0.15) is 10.1 Å². The molecule has 0 saturated heterocycles. The van der Waals surface area contributed by atoms with Gasteiger partial charge in [-0.3, -0.25) is 5.10 Å².